The second-order valence-electron chi connectivity index (χ2n) is 2.84. The van der Waals surface area contributed by atoms with Gasteiger partial charge in [0, 0.05) is 10.6 Å². The summed E-state index contributed by atoms with van der Waals surface area (Å²) < 4.78 is 36.9. The molecule has 1 atom stereocenters. The van der Waals surface area contributed by atoms with Gasteiger partial charge in [-0.25, -0.2) is 0 Å². The molecule has 1 aromatic carbocycles. The van der Waals surface area contributed by atoms with Crippen LogP contribution >= 0.6 is 27.5 Å². The first-order valence-corrected chi connectivity index (χ1v) is 4.90. The third kappa shape index (κ3) is 2.76. The van der Waals surface area contributed by atoms with E-state index in [2.05, 4.69) is 15.9 Å². The van der Waals surface area contributed by atoms with Crippen LogP contribution < -0.4 is 5.73 Å². The highest BCUT2D eigenvalue weighted by Gasteiger charge is 2.39. The van der Waals surface area contributed by atoms with Crippen LogP contribution in [0.5, 0.6) is 5.75 Å². The van der Waals surface area contributed by atoms with E-state index in [4.69, 9.17) is 17.3 Å². The average Bonchev–Trinajstić information content (AvgIpc) is 2.08. The maximum atomic E-state index is 12.3. The zero-order chi connectivity index (χ0) is 11.8. The molecule has 0 radical (unpaired) electrons. The van der Waals surface area contributed by atoms with Gasteiger partial charge in [-0.15, -0.1) is 0 Å². The fraction of sp³-hybridized carbons (Fsp3) is 0.250. The minimum Gasteiger partial charge on any atom is -0.506 e. The van der Waals surface area contributed by atoms with Crippen LogP contribution in [0.2, 0.25) is 5.02 Å². The molecule has 3 N–H and O–H groups in total. The molecule has 0 spiro atoms. The van der Waals surface area contributed by atoms with Crippen molar-refractivity contribution in [2.45, 2.75) is 12.2 Å². The molecule has 0 aromatic heterocycles. The second-order valence-corrected chi connectivity index (χ2v) is 4.14. The van der Waals surface area contributed by atoms with E-state index >= 15 is 0 Å². The van der Waals surface area contributed by atoms with E-state index < -0.39 is 23.5 Å². The number of alkyl halides is 3. The fourth-order valence-electron chi connectivity index (χ4n) is 0.999. The van der Waals surface area contributed by atoms with Crippen molar-refractivity contribution in [2.24, 2.45) is 5.73 Å². The van der Waals surface area contributed by atoms with E-state index in [0.29, 0.717) is 0 Å². The zero-order valence-electron chi connectivity index (χ0n) is 7.15. The zero-order valence-corrected chi connectivity index (χ0v) is 9.49. The van der Waals surface area contributed by atoms with Gasteiger partial charge in [0.05, 0.1) is 4.47 Å². The van der Waals surface area contributed by atoms with E-state index in [1.807, 2.05) is 0 Å². The number of phenols is 1. The third-order valence-corrected chi connectivity index (χ3v) is 2.57. The normalized spacial score (nSPS) is 14.0. The Morgan fingerprint density at radius 1 is 1.40 bits per heavy atom. The molecular formula is C8H6BrClF3NO. The van der Waals surface area contributed by atoms with Gasteiger partial charge in [0.25, 0.3) is 0 Å². The van der Waals surface area contributed by atoms with Crippen LogP contribution in [-0.2, 0) is 0 Å². The molecule has 0 unspecified atom stereocenters. The number of hydrogen-bond acceptors (Lipinski definition) is 2. The van der Waals surface area contributed by atoms with Gasteiger partial charge < -0.3 is 10.8 Å². The number of phenolic OH excluding ortho intramolecular Hbond substituents is 1. The molecule has 1 rings (SSSR count). The van der Waals surface area contributed by atoms with E-state index in [9.17, 15) is 18.3 Å². The van der Waals surface area contributed by atoms with Crippen LogP contribution in [-0.4, -0.2) is 11.3 Å². The molecule has 0 aliphatic heterocycles. The van der Waals surface area contributed by atoms with E-state index in [1.54, 1.807) is 0 Å². The Hall–Kier alpha value is -0.460. The largest absolute Gasteiger partial charge is 0.506 e. The molecule has 84 valence electrons. The van der Waals surface area contributed by atoms with Gasteiger partial charge in [0.2, 0.25) is 0 Å². The van der Waals surface area contributed by atoms with Crippen molar-refractivity contribution in [3.63, 3.8) is 0 Å². The number of hydrogen-bond donors (Lipinski definition) is 2. The lowest BCUT2D eigenvalue weighted by atomic mass is 10.1. The number of benzene rings is 1. The monoisotopic (exact) mass is 303 g/mol. The Labute approximate surface area is 97.0 Å². The molecule has 0 fully saturated rings. The molecule has 15 heavy (non-hydrogen) atoms. The van der Waals surface area contributed by atoms with Gasteiger partial charge in [-0.1, -0.05) is 11.6 Å². The van der Waals surface area contributed by atoms with Crippen molar-refractivity contribution in [3.05, 3.63) is 27.2 Å². The van der Waals surface area contributed by atoms with Crippen molar-refractivity contribution in [1.82, 2.24) is 0 Å². The van der Waals surface area contributed by atoms with Crippen LogP contribution in [0, 0.1) is 0 Å². The average molecular weight is 304 g/mol. The Kier molecular flexibility index (Phi) is 3.52. The van der Waals surface area contributed by atoms with Gasteiger partial charge >= 0.3 is 6.18 Å². The second kappa shape index (κ2) is 4.19. The Balaban J connectivity index is 3.25. The molecule has 0 aliphatic rings. The lowest BCUT2D eigenvalue weighted by Crippen LogP contribution is -2.28. The van der Waals surface area contributed by atoms with E-state index in [1.165, 1.54) is 6.07 Å². The molecule has 0 amide bonds. The highest BCUT2D eigenvalue weighted by molar-refractivity contribution is 9.10. The van der Waals surface area contributed by atoms with E-state index in [0.717, 1.165) is 6.07 Å². The molecular weight excluding hydrogens is 298 g/mol. The maximum absolute atomic E-state index is 12.3. The first-order valence-electron chi connectivity index (χ1n) is 3.73. The standard InChI is InChI=1S/C8H6BrClF3NO/c9-5-2-3(10)1-4(6(5)15)7(14)8(11,12)13/h1-2,7,15H,14H2/t7-/m1/s1. The van der Waals surface area contributed by atoms with Gasteiger partial charge in [0.1, 0.15) is 11.8 Å². The summed E-state index contributed by atoms with van der Waals surface area (Å²) in [6.07, 6.45) is -4.62. The van der Waals surface area contributed by atoms with Gasteiger partial charge in [-0.3, -0.25) is 0 Å². The smallest absolute Gasteiger partial charge is 0.407 e. The summed E-state index contributed by atoms with van der Waals surface area (Å²) in [5, 5.41) is 9.43. The Morgan fingerprint density at radius 3 is 2.40 bits per heavy atom. The third-order valence-electron chi connectivity index (χ3n) is 1.75. The van der Waals surface area contributed by atoms with Gasteiger partial charge in [-0.2, -0.15) is 13.2 Å². The maximum Gasteiger partial charge on any atom is 0.407 e. The number of halogens is 5. The molecule has 0 saturated carbocycles. The van der Waals surface area contributed by atoms with Crippen LogP contribution in [0.1, 0.15) is 11.6 Å². The van der Waals surface area contributed by atoms with Crippen molar-refractivity contribution in [1.29, 1.82) is 0 Å². The van der Waals surface area contributed by atoms with E-state index in [-0.39, 0.29) is 9.50 Å². The van der Waals surface area contributed by atoms with Crippen molar-refractivity contribution >= 4 is 27.5 Å². The Morgan fingerprint density at radius 2 is 1.93 bits per heavy atom. The SMILES string of the molecule is N[C@H](c1cc(Cl)cc(Br)c1O)C(F)(F)F. The quantitative estimate of drug-likeness (QED) is 0.835. The summed E-state index contributed by atoms with van der Waals surface area (Å²) in [6.45, 7) is 0. The molecule has 1 aromatic rings. The van der Waals surface area contributed by atoms with Crippen LogP contribution in [0.25, 0.3) is 0 Å². The van der Waals surface area contributed by atoms with Crippen LogP contribution in [0.3, 0.4) is 0 Å². The van der Waals surface area contributed by atoms with Gasteiger partial charge in [0.15, 0.2) is 0 Å². The predicted octanol–water partition coefficient (Wildman–Crippen LogP) is 3.37. The number of nitrogens with two attached hydrogens (primary N) is 1. The molecule has 0 heterocycles. The number of aromatic hydroxyl groups is 1. The summed E-state index contributed by atoms with van der Waals surface area (Å²) in [7, 11) is 0. The Bertz CT molecular complexity index is 383. The van der Waals surface area contributed by atoms with Gasteiger partial charge in [-0.05, 0) is 28.1 Å². The molecule has 7 heteroatoms. The van der Waals surface area contributed by atoms with Crippen molar-refractivity contribution in [3.8, 4) is 5.75 Å². The van der Waals surface area contributed by atoms with Crippen LogP contribution in [0.15, 0.2) is 16.6 Å². The lowest BCUT2D eigenvalue weighted by Gasteiger charge is -2.17. The minimum absolute atomic E-state index is 0.0642. The first kappa shape index (κ1) is 12.6. The summed E-state index contributed by atoms with van der Waals surface area (Å²) in [6, 6.07) is 0.0102. The van der Waals surface area contributed by atoms with Crippen molar-refractivity contribution < 1.29 is 18.3 Å². The van der Waals surface area contributed by atoms with Crippen molar-refractivity contribution in [2.75, 3.05) is 0 Å². The number of rotatable bonds is 1. The molecule has 0 saturated heterocycles. The molecule has 0 aliphatic carbocycles. The highest BCUT2D eigenvalue weighted by Crippen LogP contribution is 2.40. The summed E-state index contributed by atoms with van der Waals surface area (Å²) >= 11 is 8.43. The predicted molar refractivity (Wildman–Crippen MR) is 53.8 cm³/mol. The molecule has 2 nitrogen and oxygen atoms in total. The summed E-state index contributed by atoms with van der Waals surface area (Å²) in [5.74, 6) is -0.552. The van der Waals surface area contributed by atoms with Crippen LogP contribution in [0.4, 0.5) is 13.2 Å². The highest BCUT2D eigenvalue weighted by atomic mass is 79.9. The molecule has 0 bridgehead atoms. The minimum atomic E-state index is -4.62. The first-order chi connectivity index (χ1) is 6.73. The fourth-order valence-corrected chi connectivity index (χ4v) is 1.83. The topological polar surface area (TPSA) is 46.2 Å². The summed E-state index contributed by atoms with van der Waals surface area (Å²) in [4.78, 5) is 0. The lowest BCUT2D eigenvalue weighted by molar-refractivity contribution is -0.149. The summed E-state index contributed by atoms with van der Waals surface area (Å²) in [5.41, 5.74) is 4.49.